The summed E-state index contributed by atoms with van der Waals surface area (Å²) in [4.78, 5) is 36.2. The Morgan fingerprint density at radius 3 is 1.62 bits per heavy atom. The zero-order chi connectivity index (χ0) is 44.1. The zero-order valence-electron chi connectivity index (χ0n) is 31.0. The van der Waals surface area contributed by atoms with Crippen molar-refractivity contribution < 1.29 is 45.7 Å². The molecule has 5 N–H and O–H groups in total. The van der Waals surface area contributed by atoms with Crippen LogP contribution in [0.5, 0.6) is 0 Å². The van der Waals surface area contributed by atoms with Crippen molar-refractivity contribution in [2.45, 2.75) is 24.2 Å². The van der Waals surface area contributed by atoms with Crippen molar-refractivity contribution in [2.75, 3.05) is 37.9 Å². The number of rotatable bonds is 9. The minimum Gasteiger partial charge on any atom is -0.381 e. The van der Waals surface area contributed by atoms with Gasteiger partial charge in [0.05, 0.1) is 71.6 Å². The van der Waals surface area contributed by atoms with Gasteiger partial charge in [-0.1, -0.05) is 12.1 Å². The van der Waals surface area contributed by atoms with E-state index in [1.807, 2.05) is 0 Å². The van der Waals surface area contributed by atoms with E-state index in [-0.39, 0.29) is 71.9 Å². The van der Waals surface area contributed by atoms with Gasteiger partial charge in [-0.15, -0.1) is 0 Å². The molecule has 2 atom stereocenters. The summed E-state index contributed by atoms with van der Waals surface area (Å²) in [7, 11) is 0. The molecule has 2 aliphatic heterocycles. The Hall–Kier alpha value is -6.60. The van der Waals surface area contributed by atoms with Gasteiger partial charge in [0.2, 0.25) is 11.6 Å². The van der Waals surface area contributed by atoms with Gasteiger partial charge in [-0.25, -0.2) is 24.6 Å². The smallest absolute Gasteiger partial charge is 0.381 e. The van der Waals surface area contributed by atoms with E-state index in [1.54, 1.807) is 6.20 Å². The van der Waals surface area contributed by atoms with E-state index >= 15 is 0 Å². The summed E-state index contributed by atoms with van der Waals surface area (Å²) in [5.41, 5.74) is 12.4. The molecule has 0 spiro atoms. The zero-order valence-corrected chi connectivity index (χ0v) is 32.6. The van der Waals surface area contributed by atoms with E-state index in [2.05, 4.69) is 51.2 Å². The maximum absolute atomic E-state index is 13.5. The molecule has 0 saturated carbocycles. The minimum absolute atomic E-state index is 0.0458. The summed E-state index contributed by atoms with van der Waals surface area (Å²) in [6.45, 7) is 0.449. The van der Waals surface area contributed by atoms with Crippen molar-refractivity contribution in [3.63, 3.8) is 0 Å². The molecule has 25 heteroatoms. The van der Waals surface area contributed by atoms with Gasteiger partial charge in [-0.2, -0.15) is 36.5 Å². The number of halogens is 7. The summed E-state index contributed by atoms with van der Waals surface area (Å²) < 4.78 is 90.6. The number of anilines is 2. The number of nitro groups is 2. The van der Waals surface area contributed by atoms with Crippen LogP contribution in [0.2, 0.25) is 0 Å². The second-order valence-electron chi connectivity index (χ2n) is 13.4. The Labute approximate surface area is 347 Å². The predicted molar refractivity (Wildman–Crippen MR) is 207 cm³/mol. The number of nitrogen functional groups attached to an aromatic ring is 2. The van der Waals surface area contributed by atoms with Crippen LogP contribution >= 0.6 is 15.9 Å². The SMILES string of the molecule is FC(F)(F)C(c1ccc(Br)nc1)C1COC1.Nc1nccc(-c2cn[nH]c2)c1[N+](=O)[O-].Nc1nccc(-c2cnn(-c3ccc(C(C4COC4)C(F)(F)F)cn3)c2)c1[N+](=O)[O-]. The lowest BCUT2D eigenvalue weighted by Crippen LogP contribution is -2.40. The summed E-state index contributed by atoms with van der Waals surface area (Å²) in [5.74, 6) is -4.30. The average Bonchev–Trinajstić information content (AvgIpc) is 3.88. The van der Waals surface area contributed by atoms with Gasteiger partial charge in [0.25, 0.3) is 0 Å². The second-order valence-corrected chi connectivity index (χ2v) is 14.2. The molecule has 0 aliphatic carbocycles. The maximum atomic E-state index is 13.5. The fraction of sp³-hybridized carbons (Fsp3) is 0.278. The van der Waals surface area contributed by atoms with Crippen molar-refractivity contribution in [1.82, 2.24) is 39.9 Å². The lowest BCUT2D eigenvalue weighted by Gasteiger charge is -2.35. The molecule has 0 aromatic carbocycles. The van der Waals surface area contributed by atoms with Crippen molar-refractivity contribution in [2.24, 2.45) is 11.8 Å². The van der Waals surface area contributed by atoms with Crippen LogP contribution in [0.15, 0.2) is 90.6 Å². The standard InChI is InChI=1S/C18H15F3N6O3.C10H9BrF3NO.C8H7N5O2/c19-18(20,21)15(12-8-30-9-12)10-1-2-14(24-5-10)26-7-11(6-25-26)13-3-4-23-17(22)16(13)27(28)29;11-8-2-1-6(3-15-8)9(10(12,13)14)7-4-16-5-7;9-8-7(13(14)15)6(1-2-10-8)5-3-11-12-4-5/h1-7,12,15H,8-9H2,(H2,22,23);1-3,7,9H,4-5H2;1-4H,(H2,9,10)(H,11,12). The van der Waals surface area contributed by atoms with Crippen LogP contribution in [0.3, 0.4) is 0 Å². The highest BCUT2D eigenvalue weighted by Gasteiger charge is 2.49. The van der Waals surface area contributed by atoms with Gasteiger partial charge >= 0.3 is 23.7 Å². The number of hydrogen-bond acceptors (Lipinski definition) is 14. The Kier molecular flexibility index (Phi) is 13.2. The van der Waals surface area contributed by atoms with E-state index in [0.717, 1.165) is 0 Å². The third-order valence-electron chi connectivity index (χ3n) is 9.42. The van der Waals surface area contributed by atoms with Crippen LogP contribution in [0, 0.1) is 32.1 Å². The van der Waals surface area contributed by atoms with Crippen LogP contribution in [0.25, 0.3) is 28.1 Å². The minimum atomic E-state index is -4.41. The van der Waals surface area contributed by atoms with Crippen LogP contribution < -0.4 is 11.5 Å². The highest BCUT2D eigenvalue weighted by Crippen LogP contribution is 2.44. The molecular weight excluding hydrogens is 890 g/mol. The third kappa shape index (κ3) is 10.2. The Bertz CT molecular complexity index is 2450. The lowest BCUT2D eigenvalue weighted by atomic mass is 9.85. The molecular formula is C36H31BrF6N12O6. The Balaban J connectivity index is 0.000000169. The average molecular weight is 922 g/mol. The van der Waals surface area contributed by atoms with E-state index in [9.17, 15) is 46.6 Å². The molecule has 2 fully saturated rings. The lowest BCUT2D eigenvalue weighted by molar-refractivity contribution is -0.383. The molecule has 0 radical (unpaired) electrons. The number of alkyl halides is 6. The third-order valence-corrected chi connectivity index (χ3v) is 9.89. The second kappa shape index (κ2) is 18.3. The molecule has 0 amide bonds. The Morgan fingerprint density at radius 1 is 0.721 bits per heavy atom. The molecule has 6 aromatic heterocycles. The molecule has 8 rings (SSSR count). The van der Waals surface area contributed by atoms with Crippen molar-refractivity contribution in [1.29, 1.82) is 0 Å². The summed E-state index contributed by atoms with van der Waals surface area (Å²) in [5, 5.41) is 32.5. The van der Waals surface area contributed by atoms with Crippen LogP contribution in [-0.4, -0.2) is 88.5 Å². The number of aromatic nitrogens is 8. The monoisotopic (exact) mass is 920 g/mol. The highest BCUT2D eigenvalue weighted by molar-refractivity contribution is 9.10. The molecule has 6 aromatic rings. The summed E-state index contributed by atoms with van der Waals surface area (Å²) in [6, 6.07) is 8.70. The van der Waals surface area contributed by atoms with Gasteiger partial charge in [-0.3, -0.25) is 25.3 Å². The van der Waals surface area contributed by atoms with Gasteiger partial charge in [0, 0.05) is 60.1 Å². The highest BCUT2D eigenvalue weighted by atomic mass is 79.9. The number of hydrogen-bond donors (Lipinski definition) is 3. The molecule has 8 heterocycles. The fourth-order valence-electron chi connectivity index (χ4n) is 6.41. The van der Waals surface area contributed by atoms with Crippen molar-refractivity contribution in [3.8, 4) is 28.1 Å². The largest absolute Gasteiger partial charge is 0.396 e. The molecule has 0 bridgehead atoms. The number of ether oxygens (including phenoxy) is 2. The number of aromatic amines is 1. The summed E-state index contributed by atoms with van der Waals surface area (Å²) >= 11 is 3.10. The number of pyridine rings is 4. The van der Waals surface area contributed by atoms with Gasteiger partial charge in [-0.05, 0) is 51.3 Å². The van der Waals surface area contributed by atoms with E-state index in [1.165, 1.54) is 84.5 Å². The molecule has 2 aliphatic rings. The number of nitrogens with two attached hydrogens (primary N) is 2. The first-order chi connectivity index (χ1) is 28.9. The molecule has 2 saturated heterocycles. The summed E-state index contributed by atoms with van der Waals surface area (Å²) in [6.07, 6.45) is 2.44. The Morgan fingerprint density at radius 2 is 1.23 bits per heavy atom. The normalized spacial score (nSPS) is 15.2. The topological polar surface area (TPSA) is 255 Å². The van der Waals surface area contributed by atoms with E-state index in [0.29, 0.717) is 21.3 Å². The predicted octanol–water partition coefficient (Wildman–Crippen LogP) is 7.21. The van der Waals surface area contributed by atoms with E-state index < -0.39 is 45.9 Å². The number of H-pyrrole nitrogens is 1. The van der Waals surface area contributed by atoms with Crippen molar-refractivity contribution >= 4 is 38.9 Å². The van der Waals surface area contributed by atoms with Gasteiger partial charge < -0.3 is 20.9 Å². The first kappa shape index (κ1) is 44.0. The molecule has 18 nitrogen and oxygen atoms in total. The molecule has 61 heavy (non-hydrogen) atoms. The van der Waals surface area contributed by atoms with Crippen LogP contribution in [-0.2, 0) is 9.47 Å². The molecule has 320 valence electrons. The number of nitrogens with one attached hydrogen (secondary N) is 1. The van der Waals surface area contributed by atoms with Crippen LogP contribution in [0.1, 0.15) is 23.0 Å². The van der Waals surface area contributed by atoms with Crippen LogP contribution in [0.4, 0.5) is 49.4 Å². The first-order valence-electron chi connectivity index (χ1n) is 17.6. The fourth-order valence-corrected chi connectivity index (χ4v) is 6.65. The quantitative estimate of drug-likeness (QED) is 0.0561. The number of nitrogens with zero attached hydrogens (tertiary/aromatic N) is 9. The van der Waals surface area contributed by atoms with Gasteiger partial charge in [0.15, 0.2) is 5.82 Å². The first-order valence-corrected chi connectivity index (χ1v) is 18.4. The van der Waals surface area contributed by atoms with Crippen molar-refractivity contribution in [3.05, 3.63) is 122 Å². The van der Waals surface area contributed by atoms with Gasteiger partial charge in [0.1, 0.15) is 4.60 Å². The molecule has 2 unspecified atom stereocenters. The maximum Gasteiger partial charge on any atom is 0.396 e. The van der Waals surface area contributed by atoms with E-state index in [4.69, 9.17) is 20.9 Å².